The minimum atomic E-state index is -1.18. The lowest BCUT2D eigenvalue weighted by Crippen LogP contribution is -2.15. The van der Waals surface area contributed by atoms with Crippen molar-refractivity contribution >= 4 is 10.8 Å². The van der Waals surface area contributed by atoms with Crippen LogP contribution in [0.15, 0.2) is 28.2 Å². The molecule has 1 aromatic rings. The minimum Gasteiger partial charge on any atom is -0.486 e. The molecule has 90 valence electrons. The van der Waals surface area contributed by atoms with Crippen LogP contribution in [0.2, 0.25) is 0 Å². The van der Waals surface area contributed by atoms with Gasteiger partial charge in [0.2, 0.25) is 0 Å². The molecule has 1 unspecified atom stereocenters. The van der Waals surface area contributed by atoms with Gasteiger partial charge in [-0.2, -0.15) is 0 Å². The molecule has 0 amide bonds. The Labute approximate surface area is 101 Å². The molecular weight excluding hydrogens is 242 g/mol. The smallest absolute Gasteiger partial charge is 0.162 e. The van der Waals surface area contributed by atoms with Crippen LogP contribution >= 0.6 is 0 Å². The highest BCUT2D eigenvalue weighted by Gasteiger charge is 2.13. The summed E-state index contributed by atoms with van der Waals surface area (Å²) in [6, 6.07) is 5.19. The summed E-state index contributed by atoms with van der Waals surface area (Å²) in [6.45, 7) is 1.26. The molecule has 0 spiro atoms. The van der Waals surface area contributed by atoms with Crippen molar-refractivity contribution in [1.29, 1.82) is 0 Å². The van der Waals surface area contributed by atoms with E-state index in [9.17, 15) is 4.21 Å². The van der Waals surface area contributed by atoms with Crippen LogP contribution in [0.1, 0.15) is 0 Å². The van der Waals surface area contributed by atoms with Gasteiger partial charge in [-0.25, -0.2) is 0 Å². The monoisotopic (exact) mass is 253 g/mol. The molecule has 1 atom stereocenters. The molecule has 0 aromatic heterocycles. The van der Waals surface area contributed by atoms with E-state index in [4.69, 9.17) is 15.0 Å². The molecule has 0 N–H and O–H groups in total. The SMILES string of the molecule is [N-]=[N+]=NCCS(=O)c1ccc2c(c1)OCCO2. The number of nitrogens with zero attached hydrogens (tertiary/aromatic N) is 3. The van der Waals surface area contributed by atoms with Gasteiger partial charge in [-0.15, -0.1) is 0 Å². The van der Waals surface area contributed by atoms with E-state index in [1.165, 1.54) is 0 Å². The maximum absolute atomic E-state index is 11.8. The van der Waals surface area contributed by atoms with E-state index in [1.807, 2.05) is 0 Å². The van der Waals surface area contributed by atoms with Crippen molar-refractivity contribution in [2.75, 3.05) is 25.5 Å². The fraction of sp³-hybridized carbons (Fsp3) is 0.400. The first-order chi connectivity index (χ1) is 8.31. The van der Waals surface area contributed by atoms with Gasteiger partial charge in [0.15, 0.2) is 11.5 Å². The van der Waals surface area contributed by atoms with E-state index in [1.54, 1.807) is 18.2 Å². The Morgan fingerprint density at radius 3 is 2.88 bits per heavy atom. The Bertz CT molecular complexity index is 486. The number of rotatable bonds is 4. The standard InChI is InChI=1S/C10H11N3O3S/c11-13-12-3-6-17(14)8-1-2-9-10(7-8)16-5-4-15-9/h1-2,7H,3-6H2. The van der Waals surface area contributed by atoms with Crippen molar-refractivity contribution in [3.63, 3.8) is 0 Å². The normalized spacial score (nSPS) is 14.8. The van der Waals surface area contributed by atoms with Crippen molar-refractivity contribution < 1.29 is 13.7 Å². The third-order valence-electron chi connectivity index (χ3n) is 2.22. The third-order valence-corrected chi connectivity index (χ3v) is 3.55. The first-order valence-electron chi connectivity index (χ1n) is 5.10. The van der Waals surface area contributed by atoms with E-state index in [2.05, 4.69) is 10.0 Å². The maximum atomic E-state index is 11.8. The number of hydrogen-bond donors (Lipinski definition) is 0. The zero-order valence-electron chi connectivity index (χ0n) is 9.04. The van der Waals surface area contributed by atoms with Crippen molar-refractivity contribution in [2.24, 2.45) is 5.11 Å². The van der Waals surface area contributed by atoms with E-state index in [0.717, 1.165) is 0 Å². The minimum absolute atomic E-state index is 0.220. The topological polar surface area (TPSA) is 84.3 Å². The van der Waals surface area contributed by atoms with Crippen LogP contribution in [0.5, 0.6) is 11.5 Å². The summed E-state index contributed by atoms with van der Waals surface area (Å²) < 4.78 is 22.6. The zero-order chi connectivity index (χ0) is 12.1. The largest absolute Gasteiger partial charge is 0.486 e. The quantitative estimate of drug-likeness (QED) is 0.466. The van der Waals surface area contributed by atoms with Gasteiger partial charge in [-0.1, -0.05) is 5.11 Å². The van der Waals surface area contributed by atoms with Crippen LogP contribution in [0.25, 0.3) is 10.4 Å². The van der Waals surface area contributed by atoms with Gasteiger partial charge in [0, 0.05) is 28.2 Å². The summed E-state index contributed by atoms with van der Waals surface area (Å²) in [4.78, 5) is 3.27. The summed E-state index contributed by atoms with van der Waals surface area (Å²) in [5.74, 6) is 1.60. The van der Waals surface area contributed by atoms with Gasteiger partial charge >= 0.3 is 0 Å². The highest BCUT2D eigenvalue weighted by atomic mass is 32.2. The predicted octanol–water partition coefficient (Wildman–Crippen LogP) is 1.88. The van der Waals surface area contributed by atoms with Gasteiger partial charge in [-0.3, -0.25) is 4.21 Å². The second kappa shape index (κ2) is 5.56. The summed E-state index contributed by atoms with van der Waals surface area (Å²) in [6.07, 6.45) is 0. The molecule has 6 nitrogen and oxygen atoms in total. The Morgan fingerprint density at radius 1 is 1.35 bits per heavy atom. The Hall–Kier alpha value is -1.72. The molecule has 0 saturated carbocycles. The van der Waals surface area contributed by atoms with Crippen molar-refractivity contribution in [3.8, 4) is 11.5 Å². The molecule has 0 aliphatic carbocycles. The molecule has 1 heterocycles. The molecule has 0 fully saturated rings. The molecular formula is C10H11N3O3S. The zero-order valence-corrected chi connectivity index (χ0v) is 9.85. The average Bonchev–Trinajstić information content (AvgIpc) is 2.38. The predicted molar refractivity (Wildman–Crippen MR) is 62.7 cm³/mol. The highest BCUT2D eigenvalue weighted by molar-refractivity contribution is 7.85. The van der Waals surface area contributed by atoms with E-state index < -0.39 is 10.8 Å². The molecule has 1 aliphatic rings. The van der Waals surface area contributed by atoms with Crippen LogP contribution in [0, 0.1) is 0 Å². The third kappa shape index (κ3) is 2.89. The van der Waals surface area contributed by atoms with Gasteiger partial charge in [0.1, 0.15) is 13.2 Å². The lowest BCUT2D eigenvalue weighted by Gasteiger charge is -2.18. The highest BCUT2D eigenvalue weighted by Crippen LogP contribution is 2.31. The Balaban J connectivity index is 2.10. The first kappa shape index (κ1) is 11.8. The van der Waals surface area contributed by atoms with Crippen molar-refractivity contribution in [1.82, 2.24) is 0 Å². The summed E-state index contributed by atoms with van der Waals surface area (Å²) in [7, 11) is -1.18. The molecule has 1 aliphatic heterocycles. The molecule has 0 saturated heterocycles. The van der Waals surface area contributed by atoms with E-state index in [-0.39, 0.29) is 6.54 Å². The van der Waals surface area contributed by atoms with Crippen molar-refractivity contribution in [2.45, 2.75) is 4.90 Å². The number of azide groups is 1. The summed E-state index contributed by atoms with van der Waals surface area (Å²) >= 11 is 0. The lowest BCUT2D eigenvalue weighted by molar-refractivity contribution is 0.171. The Kier molecular flexibility index (Phi) is 3.85. The number of hydrogen-bond acceptors (Lipinski definition) is 4. The number of benzene rings is 1. The molecule has 0 radical (unpaired) electrons. The molecule has 2 rings (SSSR count). The second-order valence-corrected chi connectivity index (χ2v) is 4.88. The molecule has 0 bridgehead atoms. The fourth-order valence-electron chi connectivity index (χ4n) is 1.45. The van der Waals surface area contributed by atoms with Crippen LogP contribution in [0.3, 0.4) is 0 Å². The first-order valence-corrected chi connectivity index (χ1v) is 6.42. The maximum Gasteiger partial charge on any atom is 0.162 e. The van der Waals surface area contributed by atoms with Crippen molar-refractivity contribution in [3.05, 3.63) is 28.6 Å². The molecule has 17 heavy (non-hydrogen) atoms. The van der Waals surface area contributed by atoms with E-state index in [0.29, 0.717) is 35.4 Å². The summed E-state index contributed by atoms with van der Waals surface area (Å²) in [5, 5.41) is 3.36. The molecule has 1 aromatic carbocycles. The number of ether oxygens (including phenoxy) is 2. The van der Waals surface area contributed by atoms with Crippen LogP contribution < -0.4 is 9.47 Å². The van der Waals surface area contributed by atoms with E-state index >= 15 is 0 Å². The number of fused-ring (bicyclic) bond motifs is 1. The van der Waals surface area contributed by atoms with Gasteiger partial charge < -0.3 is 9.47 Å². The average molecular weight is 253 g/mol. The Morgan fingerprint density at radius 2 is 2.12 bits per heavy atom. The fourth-order valence-corrected chi connectivity index (χ4v) is 2.39. The van der Waals surface area contributed by atoms with Crippen LogP contribution in [-0.2, 0) is 10.8 Å². The van der Waals surface area contributed by atoms with Crippen LogP contribution in [-0.4, -0.2) is 29.7 Å². The van der Waals surface area contributed by atoms with Gasteiger partial charge in [-0.05, 0) is 17.7 Å². The second-order valence-electron chi connectivity index (χ2n) is 3.31. The van der Waals surface area contributed by atoms with Gasteiger partial charge in [0.25, 0.3) is 0 Å². The lowest BCUT2D eigenvalue weighted by atomic mass is 10.3. The van der Waals surface area contributed by atoms with Gasteiger partial charge in [0.05, 0.1) is 10.8 Å². The molecule has 7 heteroatoms. The van der Waals surface area contributed by atoms with Crippen LogP contribution in [0.4, 0.5) is 0 Å². The summed E-state index contributed by atoms with van der Waals surface area (Å²) in [5.41, 5.74) is 8.13.